The quantitative estimate of drug-likeness (QED) is 0.409. The molecule has 5 rings (SSSR count). The van der Waals surface area contributed by atoms with Crippen molar-refractivity contribution in [2.75, 3.05) is 5.32 Å². The third-order valence-corrected chi connectivity index (χ3v) is 6.79. The van der Waals surface area contributed by atoms with Gasteiger partial charge in [0.15, 0.2) is 5.82 Å². The molecule has 2 aromatic heterocycles. The maximum Gasteiger partial charge on any atom is 0.242 e. The van der Waals surface area contributed by atoms with Crippen LogP contribution in [0.3, 0.4) is 0 Å². The Balaban J connectivity index is 1.22. The van der Waals surface area contributed by atoms with E-state index in [0.29, 0.717) is 29.2 Å². The molecule has 0 amide bonds. The number of hydrogen-bond donors (Lipinski definition) is 2. The van der Waals surface area contributed by atoms with E-state index in [4.69, 9.17) is 5.26 Å². The van der Waals surface area contributed by atoms with Crippen LogP contribution in [0.2, 0.25) is 0 Å². The molecule has 1 fully saturated rings. The second kappa shape index (κ2) is 8.99. The molecule has 6 nitrogen and oxygen atoms in total. The highest BCUT2D eigenvalue weighted by Crippen LogP contribution is 2.39. The van der Waals surface area contributed by atoms with Crippen molar-refractivity contribution in [1.82, 2.24) is 20.2 Å². The lowest BCUT2D eigenvalue weighted by atomic mass is 9.75. The highest BCUT2D eigenvalue weighted by molar-refractivity contribution is 5.82. The van der Waals surface area contributed by atoms with Crippen molar-refractivity contribution in [1.29, 1.82) is 5.26 Å². The van der Waals surface area contributed by atoms with E-state index in [9.17, 15) is 4.39 Å². The van der Waals surface area contributed by atoms with Gasteiger partial charge in [-0.3, -0.25) is 10.1 Å². The standard InChI is InChI=1S/C26H25FN6/c1-16(30-26-31-25(32-33-26)20-4-2-17(15-28)3-5-20)18-6-8-19(9-7-18)22-12-13-29-24-11-10-21(27)14-23(22)24/h2-5,10-14,16,18-19H,6-9H2,1H3,(H2,30,31,32,33)/t16-,18?,19?/m1/s1. The van der Waals surface area contributed by atoms with Gasteiger partial charge in [0.2, 0.25) is 5.95 Å². The smallest absolute Gasteiger partial charge is 0.242 e. The van der Waals surface area contributed by atoms with Crippen LogP contribution < -0.4 is 5.32 Å². The van der Waals surface area contributed by atoms with Crippen molar-refractivity contribution >= 4 is 16.9 Å². The number of nitrogens with zero attached hydrogens (tertiary/aromatic N) is 4. The van der Waals surface area contributed by atoms with E-state index >= 15 is 0 Å². The molecule has 1 aliphatic rings. The minimum absolute atomic E-state index is 0.213. The fourth-order valence-electron chi connectivity index (χ4n) is 4.91. The van der Waals surface area contributed by atoms with Gasteiger partial charge in [-0.2, -0.15) is 10.2 Å². The highest BCUT2D eigenvalue weighted by Gasteiger charge is 2.27. The predicted molar refractivity (Wildman–Crippen MR) is 126 cm³/mol. The summed E-state index contributed by atoms with van der Waals surface area (Å²) in [5.41, 5.74) is 3.57. The molecule has 2 N–H and O–H groups in total. The molecule has 2 heterocycles. The van der Waals surface area contributed by atoms with Crippen LogP contribution in [0.25, 0.3) is 22.3 Å². The first-order valence-electron chi connectivity index (χ1n) is 11.3. The molecule has 0 spiro atoms. The zero-order valence-corrected chi connectivity index (χ0v) is 18.4. The van der Waals surface area contributed by atoms with Gasteiger partial charge in [-0.15, -0.1) is 5.10 Å². The SMILES string of the molecule is C[C@@H](Nc1n[nH]c(-c2ccc(C#N)cc2)n1)C1CCC(c2ccnc3ccc(F)cc23)CC1. The zero-order chi connectivity index (χ0) is 22.8. The van der Waals surface area contributed by atoms with Crippen molar-refractivity contribution < 1.29 is 4.39 Å². The maximum absolute atomic E-state index is 13.8. The average molecular weight is 441 g/mol. The van der Waals surface area contributed by atoms with Gasteiger partial charge >= 0.3 is 0 Å². The minimum atomic E-state index is -0.213. The Labute approximate surface area is 191 Å². The van der Waals surface area contributed by atoms with Gasteiger partial charge < -0.3 is 5.32 Å². The highest BCUT2D eigenvalue weighted by atomic mass is 19.1. The number of aromatic amines is 1. The van der Waals surface area contributed by atoms with Crippen LogP contribution in [0.1, 0.15) is 49.7 Å². The van der Waals surface area contributed by atoms with E-state index in [0.717, 1.165) is 42.1 Å². The lowest BCUT2D eigenvalue weighted by molar-refractivity contribution is 0.301. The number of anilines is 1. The summed E-state index contributed by atoms with van der Waals surface area (Å²) in [6.07, 6.45) is 6.14. The van der Waals surface area contributed by atoms with Crippen molar-refractivity contribution in [2.24, 2.45) is 5.92 Å². The first-order valence-corrected chi connectivity index (χ1v) is 11.3. The molecule has 166 valence electrons. The molecule has 0 radical (unpaired) electrons. The summed E-state index contributed by atoms with van der Waals surface area (Å²) in [7, 11) is 0. The van der Waals surface area contributed by atoms with Crippen molar-refractivity contribution in [3.05, 3.63) is 71.7 Å². The number of pyridine rings is 1. The summed E-state index contributed by atoms with van der Waals surface area (Å²) >= 11 is 0. The Morgan fingerprint density at radius 1 is 1.09 bits per heavy atom. The summed E-state index contributed by atoms with van der Waals surface area (Å²) in [6.45, 7) is 2.18. The molecule has 1 atom stereocenters. The van der Waals surface area contributed by atoms with Gasteiger partial charge in [-0.1, -0.05) is 0 Å². The molecule has 0 saturated heterocycles. The number of halogens is 1. The Morgan fingerprint density at radius 3 is 2.64 bits per heavy atom. The number of nitriles is 1. The lowest BCUT2D eigenvalue weighted by Gasteiger charge is -2.33. The summed E-state index contributed by atoms with van der Waals surface area (Å²) in [5.74, 6) is 1.99. The van der Waals surface area contributed by atoms with Crippen LogP contribution in [-0.2, 0) is 0 Å². The topological polar surface area (TPSA) is 90.3 Å². The van der Waals surface area contributed by atoms with Gasteiger partial charge in [-0.05, 0) is 98.5 Å². The minimum Gasteiger partial charge on any atom is -0.350 e. The van der Waals surface area contributed by atoms with E-state index in [2.05, 4.69) is 38.5 Å². The Kier molecular flexibility index (Phi) is 5.74. The largest absolute Gasteiger partial charge is 0.350 e. The van der Waals surface area contributed by atoms with E-state index in [1.165, 1.54) is 11.6 Å². The first-order chi connectivity index (χ1) is 16.1. The van der Waals surface area contributed by atoms with Crippen molar-refractivity contribution in [3.63, 3.8) is 0 Å². The Morgan fingerprint density at radius 2 is 1.88 bits per heavy atom. The van der Waals surface area contributed by atoms with Crippen LogP contribution in [-0.4, -0.2) is 26.2 Å². The van der Waals surface area contributed by atoms with Crippen LogP contribution in [0.15, 0.2) is 54.7 Å². The summed E-state index contributed by atoms with van der Waals surface area (Å²) < 4.78 is 13.8. The zero-order valence-electron chi connectivity index (χ0n) is 18.4. The number of rotatable bonds is 5. The van der Waals surface area contributed by atoms with Gasteiger partial charge in [0.05, 0.1) is 17.1 Å². The normalized spacial score (nSPS) is 19.2. The first kappa shape index (κ1) is 21.1. The number of nitrogens with one attached hydrogen (secondary N) is 2. The molecule has 2 aromatic carbocycles. The van der Waals surface area contributed by atoms with E-state index in [1.807, 2.05) is 24.4 Å². The summed E-state index contributed by atoms with van der Waals surface area (Å²) in [4.78, 5) is 8.97. The van der Waals surface area contributed by atoms with Crippen molar-refractivity contribution in [2.45, 2.75) is 44.6 Å². The predicted octanol–water partition coefficient (Wildman–Crippen LogP) is 5.81. The summed E-state index contributed by atoms with van der Waals surface area (Å²) in [6, 6.07) is 16.5. The fourth-order valence-corrected chi connectivity index (χ4v) is 4.91. The number of benzene rings is 2. The van der Waals surface area contributed by atoms with Crippen LogP contribution in [0.5, 0.6) is 0 Å². The molecule has 4 aromatic rings. The number of hydrogen-bond acceptors (Lipinski definition) is 5. The molecular formula is C26H25FN6. The Bertz CT molecular complexity index is 1300. The van der Waals surface area contributed by atoms with E-state index in [-0.39, 0.29) is 11.9 Å². The van der Waals surface area contributed by atoms with Gasteiger partial charge in [0.1, 0.15) is 5.82 Å². The molecule has 0 bridgehead atoms. The molecule has 0 aliphatic heterocycles. The third-order valence-electron chi connectivity index (χ3n) is 6.79. The molecule has 0 unspecified atom stereocenters. The van der Waals surface area contributed by atoms with Crippen molar-refractivity contribution in [3.8, 4) is 17.5 Å². The lowest BCUT2D eigenvalue weighted by Crippen LogP contribution is -2.29. The third kappa shape index (κ3) is 4.42. The number of aromatic nitrogens is 4. The van der Waals surface area contributed by atoms with Crippen LogP contribution in [0.4, 0.5) is 10.3 Å². The van der Waals surface area contributed by atoms with Gasteiger partial charge in [-0.25, -0.2) is 4.39 Å². The number of fused-ring (bicyclic) bond motifs is 1. The van der Waals surface area contributed by atoms with Crippen LogP contribution in [0, 0.1) is 23.1 Å². The number of H-pyrrole nitrogens is 1. The maximum atomic E-state index is 13.8. The van der Waals surface area contributed by atoms with E-state index in [1.54, 1.807) is 24.3 Å². The molecular weight excluding hydrogens is 415 g/mol. The second-order valence-corrected chi connectivity index (χ2v) is 8.80. The fraction of sp³-hybridized carbons (Fsp3) is 0.308. The molecule has 1 aliphatic carbocycles. The second-order valence-electron chi connectivity index (χ2n) is 8.80. The summed E-state index contributed by atoms with van der Waals surface area (Å²) in [5, 5.41) is 20.6. The Hall–Kier alpha value is -3.79. The van der Waals surface area contributed by atoms with Crippen LogP contribution >= 0.6 is 0 Å². The van der Waals surface area contributed by atoms with Gasteiger partial charge in [0.25, 0.3) is 0 Å². The molecule has 1 saturated carbocycles. The average Bonchev–Trinajstić information content (AvgIpc) is 3.32. The van der Waals surface area contributed by atoms with Gasteiger partial charge in [0, 0.05) is 23.2 Å². The molecule has 33 heavy (non-hydrogen) atoms. The monoisotopic (exact) mass is 440 g/mol. The van der Waals surface area contributed by atoms with E-state index < -0.39 is 0 Å². The molecule has 7 heteroatoms.